The molecule has 0 amide bonds. The molecule has 0 atom stereocenters. The molecule has 4 nitrogen and oxygen atoms in total. The maximum Gasteiger partial charge on any atom is 0.406 e. The van der Waals surface area contributed by atoms with Gasteiger partial charge in [-0.3, -0.25) is 0 Å². The van der Waals surface area contributed by atoms with Crippen molar-refractivity contribution in [2.24, 2.45) is 0 Å². The van der Waals surface area contributed by atoms with E-state index in [0.717, 1.165) is 17.4 Å². The van der Waals surface area contributed by atoms with Gasteiger partial charge in [0.2, 0.25) is 0 Å². The predicted molar refractivity (Wildman–Crippen MR) is 108 cm³/mol. The van der Waals surface area contributed by atoms with Gasteiger partial charge in [0.1, 0.15) is 0 Å². The minimum atomic E-state index is -0.538. The second-order valence-corrected chi connectivity index (χ2v) is 7.82. The number of anilines is 2. The summed E-state index contributed by atoms with van der Waals surface area (Å²) in [5, 5.41) is 16.4. The van der Waals surface area contributed by atoms with Gasteiger partial charge in [-0.2, -0.15) is 0 Å². The summed E-state index contributed by atoms with van der Waals surface area (Å²) < 4.78 is 0. The summed E-state index contributed by atoms with van der Waals surface area (Å²) >= 11 is 0. The predicted octanol–water partition coefficient (Wildman–Crippen LogP) is 4.20. The quantitative estimate of drug-likeness (QED) is 0.702. The first kappa shape index (κ1) is 18.6. The molecular weight excluding hydrogens is 309 g/mol. The maximum atomic E-state index is 9.61. The van der Waals surface area contributed by atoms with Gasteiger partial charge in [-0.25, -0.2) is 0 Å². The molecule has 0 bridgehead atoms. The lowest BCUT2D eigenvalue weighted by Gasteiger charge is -2.39. The van der Waals surface area contributed by atoms with Gasteiger partial charge >= 0.3 is 7.05 Å². The summed E-state index contributed by atoms with van der Waals surface area (Å²) in [6.45, 7) is 4.19. The van der Waals surface area contributed by atoms with Crippen molar-refractivity contribution in [2.45, 2.75) is 76.7 Å². The minimum absolute atomic E-state index is 0.529. The Morgan fingerprint density at radius 3 is 2.16 bits per heavy atom. The minimum Gasteiger partial charge on any atom is -0.433 e. The second kappa shape index (κ2) is 9.49. The van der Waals surface area contributed by atoms with E-state index in [0.29, 0.717) is 6.04 Å². The number of benzene rings is 1. The fourth-order valence-corrected chi connectivity index (χ4v) is 4.39. The fourth-order valence-electron chi connectivity index (χ4n) is 4.39. The Morgan fingerprint density at radius 2 is 1.52 bits per heavy atom. The summed E-state index contributed by atoms with van der Waals surface area (Å²) in [5.41, 5.74) is 2.09. The van der Waals surface area contributed by atoms with E-state index in [1.54, 1.807) is 6.82 Å². The highest BCUT2D eigenvalue weighted by atomic mass is 16.2. The Morgan fingerprint density at radius 1 is 0.920 bits per heavy atom. The van der Waals surface area contributed by atoms with Crippen molar-refractivity contribution in [3.05, 3.63) is 24.3 Å². The zero-order valence-corrected chi connectivity index (χ0v) is 15.7. The number of hydrogen-bond acceptors (Lipinski definition) is 4. The summed E-state index contributed by atoms with van der Waals surface area (Å²) in [4.78, 5) is 2.75. The van der Waals surface area contributed by atoms with E-state index in [4.69, 9.17) is 0 Å². The monoisotopic (exact) mass is 343 g/mol. The summed E-state index contributed by atoms with van der Waals surface area (Å²) in [6, 6.07) is 9.55. The van der Waals surface area contributed by atoms with Crippen LogP contribution in [0.25, 0.3) is 0 Å². The average Bonchev–Trinajstić information content (AvgIpc) is 2.57. The van der Waals surface area contributed by atoms with E-state index in [1.165, 1.54) is 70.9 Å². The highest BCUT2D eigenvalue weighted by molar-refractivity contribution is 6.53. The SMILES string of the molecule is CB(O)Nc1ccccc1NC1CCN(C2CCCCCCC2)CC1. The molecule has 1 saturated heterocycles. The van der Waals surface area contributed by atoms with Crippen LogP contribution in [0.15, 0.2) is 24.3 Å². The van der Waals surface area contributed by atoms with Crippen LogP contribution in [0, 0.1) is 0 Å². The standard InChI is InChI=1S/C20H34BN3O/c1-21(25)23-20-12-8-7-11-19(20)22-17-13-15-24(16-14-17)18-9-5-3-2-4-6-10-18/h7-8,11-12,17-18,22-23,25H,2-6,9-10,13-16H2,1H3. The fraction of sp³-hybridized carbons (Fsp3) is 0.700. The van der Waals surface area contributed by atoms with Gasteiger partial charge in [-0.15, -0.1) is 0 Å². The number of nitrogens with one attached hydrogen (secondary N) is 2. The molecule has 138 valence electrons. The Kier molecular flexibility index (Phi) is 7.06. The lowest BCUT2D eigenvalue weighted by atomic mass is 9.88. The van der Waals surface area contributed by atoms with Crippen molar-refractivity contribution in [2.75, 3.05) is 23.6 Å². The molecule has 2 fully saturated rings. The van der Waals surface area contributed by atoms with Crippen LogP contribution in [-0.2, 0) is 0 Å². The molecule has 0 aromatic heterocycles. The zero-order chi connectivity index (χ0) is 17.5. The van der Waals surface area contributed by atoms with Crippen molar-refractivity contribution >= 4 is 18.4 Å². The molecule has 5 heteroatoms. The first-order valence-electron chi connectivity index (χ1n) is 10.3. The number of rotatable bonds is 5. The van der Waals surface area contributed by atoms with Gasteiger partial charge in [-0.05, 0) is 44.6 Å². The Hall–Kier alpha value is -1.20. The Labute approximate surface area is 153 Å². The third-order valence-corrected chi connectivity index (χ3v) is 5.77. The highest BCUT2D eigenvalue weighted by Crippen LogP contribution is 2.27. The summed E-state index contributed by atoms with van der Waals surface area (Å²) in [5.74, 6) is 0. The molecular formula is C20H34BN3O. The molecule has 1 aromatic carbocycles. The number of para-hydroxylation sites is 2. The van der Waals surface area contributed by atoms with E-state index in [2.05, 4.69) is 27.6 Å². The van der Waals surface area contributed by atoms with Crippen molar-refractivity contribution in [1.29, 1.82) is 0 Å². The molecule has 1 aromatic rings. The molecule has 3 rings (SSSR count). The first-order valence-corrected chi connectivity index (χ1v) is 10.3. The maximum absolute atomic E-state index is 9.61. The number of nitrogens with zero attached hydrogens (tertiary/aromatic N) is 1. The summed E-state index contributed by atoms with van der Waals surface area (Å²) in [6.07, 6.45) is 12.4. The third kappa shape index (κ3) is 5.65. The van der Waals surface area contributed by atoms with E-state index in [9.17, 15) is 5.02 Å². The number of piperidine rings is 1. The van der Waals surface area contributed by atoms with Crippen LogP contribution in [0.5, 0.6) is 0 Å². The normalized spacial score (nSPS) is 21.4. The molecule has 0 spiro atoms. The van der Waals surface area contributed by atoms with Crippen molar-refractivity contribution in [3.63, 3.8) is 0 Å². The molecule has 3 N–H and O–H groups in total. The van der Waals surface area contributed by atoms with Gasteiger partial charge in [0.05, 0.1) is 5.69 Å². The van der Waals surface area contributed by atoms with Crippen LogP contribution in [0.4, 0.5) is 11.4 Å². The summed E-state index contributed by atoms with van der Waals surface area (Å²) in [7, 11) is -0.538. The van der Waals surface area contributed by atoms with Gasteiger partial charge in [0.25, 0.3) is 0 Å². The van der Waals surface area contributed by atoms with E-state index >= 15 is 0 Å². The van der Waals surface area contributed by atoms with Crippen molar-refractivity contribution in [3.8, 4) is 0 Å². The molecule has 2 aliphatic rings. The molecule has 1 aliphatic heterocycles. The molecule has 1 aliphatic carbocycles. The Bertz CT molecular complexity index is 509. The second-order valence-electron chi connectivity index (χ2n) is 7.82. The number of likely N-dealkylation sites (tertiary alicyclic amines) is 1. The molecule has 1 heterocycles. The van der Waals surface area contributed by atoms with Crippen LogP contribution in [0.2, 0.25) is 6.82 Å². The smallest absolute Gasteiger partial charge is 0.406 e. The van der Waals surface area contributed by atoms with Crippen LogP contribution in [0.3, 0.4) is 0 Å². The molecule has 0 unspecified atom stereocenters. The lowest BCUT2D eigenvalue weighted by molar-refractivity contribution is 0.133. The van der Waals surface area contributed by atoms with Crippen LogP contribution >= 0.6 is 0 Å². The van der Waals surface area contributed by atoms with E-state index in [-0.39, 0.29) is 0 Å². The van der Waals surface area contributed by atoms with E-state index in [1.807, 2.05) is 12.1 Å². The molecule has 1 saturated carbocycles. The largest absolute Gasteiger partial charge is 0.433 e. The van der Waals surface area contributed by atoms with Gasteiger partial charge in [0, 0.05) is 30.9 Å². The van der Waals surface area contributed by atoms with Crippen molar-refractivity contribution < 1.29 is 5.02 Å². The van der Waals surface area contributed by atoms with Crippen molar-refractivity contribution in [1.82, 2.24) is 4.90 Å². The molecule has 25 heavy (non-hydrogen) atoms. The zero-order valence-electron chi connectivity index (χ0n) is 15.7. The van der Waals surface area contributed by atoms with Gasteiger partial charge in [-0.1, -0.05) is 44.2 Å². The van der Waals surface area contributed by atoms with Crippen LogP contribution in [0.1, 0.15) is 57.8 Å². The van der Waals surface area contributed by atoms with Gasteiger partial charge in [0.15, 0.2) is 0 Å². The van der Waals surface area contributed by atoms with Gasteiger partial charge < -0.3 is 20.5 Å². The van der Waals surface area contributed by atoms with Crippen LogP contribution in [-0.4, -0.2) is 42.1 Å². The van der Waals surface area contributed by atoms with E-state index < -0.39 is 7.05 Å². The highest BCUT2D eigenvalue weighted by Gasteiger charge is 2.25. The lowest BCUT2D eigenvalue weighted by Crippen LogP contribution is -2.44. The third-order valence-electron chi connectivity index (χ3n) is 5.77. The Balaban J connectivity index is 1.51. The number of hydrogen-bond donors (Lipinski definition) is 3. The topological polar surface area (TPSA) is 47.5 Å². The first-order chi connectivity index (χ1) is 12.2. The molecule has 0 radical (unpaired) electrons. The van der Waals surface area contributed by atoms with Crippen LogP contribution < -0.4 is 10.5 Å². The average molecular weight is 343 g/mol.